The van der Waals surface area contributed by atoms with Crippen LogP contribution >= 0.6 is 0 Å². The van der Waals surface area contributed by atoms with Gasteiger partial charge >= 0.3 is 12.0 Å². The van der Waals surface area contributed by atoms with Crippen molar-refractivity contribution in [3.8, 4) is 0 Å². The molecule has 6 nitrogen and oxygen atoms in total. The predicted octanol–water partition coefficient (Wildman–Crippen LogP) is 1.75. The van der Waals surface area contributed by atoms with Gasteiger partial charge < -0.3 is 20.5 Å². The number of anilines is 1. The quantitative estimate of drug-likeness (QED) is 0.786. The average Bonchev–Trinajstić information content (AvgIpc) is 2.42. The number of carboxylic acid groups (broad SMARTS) is 1. The van der Waals surface area contributed by atoms with Crippen molar-refractivity contribution in [1.29, 1.82) is 0 Å². The Morgan fingerprint density at radius 3 is 2.50 bits per heavy atom. The first kappa shape index (κ1) is 14.3. The van der Waals surface area contributed by atoms with E-state index in [4.69, 9.17) is 4.74 Å². The van der Waals surface area contributed by atoms with Crippen LogP contribution < -0.4 is 10.6 Å². The molecule has 108 valence electrons. The maximum absolute atomic E-state index is 12.0. The standard InChI is InChI=1S/C14H18N2O4/c1-10-4-2-3-5-11(10)15-13(19)16-14(12(17)18)6-8-20-9-7-14/h2-5H,6-9H2,1H3,(H,17,18)(H2,15,16,19). The molecule has 0 atom stereocenters. The molecule has 0 bridgehead atoms. The van der Waals surface area contributed by atoms with Crippen LogP contribution in [0.1, 0.15) is 18.4 Å². The molecule has 0 radical (unpaired) electrons. The molecule has 2 rings (SSSR count). The average molecular weight is 278 g/mol. The molecule has 1 aromatic carbocycles. The molecule has 0 aromatic heterocycles. The lowest BCUT2D eigenvalue weighted by molar-refractivity contribution is -0.148. The normalized spacial score (nSPS) is 17.2. The number of carbonyl (C=O) groups is 2. The Morgan fingerprint density at radius 1 is 1.25 bits per heavy atom. The first-order chi connectivity index (χ1) is 9.53. The van der Waals surface area contributed by atoms with Crippen molar-refractivity contribution >= 4 is 17.7 Å². The van der Waals surface area contributed by atoms with Crippen LogP contribution in [0, 0.1) is 6.92 Å². The second-order valence-electron chi connectivity index (χ2n) is 4.89. The van der Waals surface area contributed by atoms with E-state index in [1.54, 1.807) is 6.07 Å². The maximum atomic E-state index is 12.0. The molecule has 0 unspecified atom stereocenters. The fourth-order valence-corrected chi connectivity index (χ4v) is 2.20. The van der Waals surface area contributed by atoms with Crippen LogP contribution in [0.2, 0.25) is 0 Å². The monoisotopic (exact) mass is 278 g/mol. The summed E-state index contributed by atoms with van der Waals surface area (Å²) >= 11 is 0. The van der Waals surface area contributed by atoms with Crippen LogP contribution in [0.3, 0.4) is 0 Å². The van der Waals surface area contributed by atoms with Crippen LogP contribution in [0.5, 0.6) is 0 Å². The van der Waals surface area contributed by atoms with Gasteiger partial charge in [-0.05, 0) is 18.6 Å². The molecule has 2 amide bonds. The molecule has 3 N–H and O–H groups in total. The van der Waals surface area contributed by atoms with E-state index < -0.39 is 17.5 Å². The number of carboxylic acids is 1. The second kappa shape index (κ2) is 5.92. The Labute approximate surface area is 117 Å². The highest BCUT2D eigenvalue weighted by Gasteiger charge is 2.41. The summed E-state index contributed by atoms with van der Waals surface area (Å²) < 4.78 is 5.16. The minimum atomic E-state index is -1.25. The molecule has 1 fully saturated rings. The summed E-state index contributed by atoms with van der Waals surface area (Å²) in [6, 6.07) is 6.81. The number of carbonyl (C=O) groups excluding carboxylic acids is 1. The van der Waals surface area contributed by atoms with Gasteiger partial charge in [-0.15, -0.1) is 0 Å². The van der Waals surface area contributed by atoms with E-state index in [0.717, 1.165) is 5.56 Å². The molecule has 0 saturated carbocycles. The second-order valence-corrected chi connectivity index (χ2v) is 4.89. The van der Waals surface area contributed by atoms with Crippen molar-refractivity contribution in [3.05, 3.63) is 29.8 Å². The summed E-state index contributed by atoms with van der Waals surface area (Å²) in [5, 5.41) is 14.6. The number of ether oxygens (including phenoxy) is 1. The molecular formula is C14H18N2O4. The van der Waals surface area contributed by atoms with Crippen molar-refractivity contribution < 1.29 is 19.4 Å². The summed E-state index contributed by atoms with van der Waals surface area (Å²) in [6.45, 7) is 2.53. The molecule has 20 heavy (non-hydrogen) atoms. The summed E-state index contributed by atoms with van der Waals surface area (Å²) in [7, 11) is 0. The number of aryl methyl sites for hydroxylation is 1. The third kappa shape index (κ3) is 3.08. The lowest BCUT2D eigenvalue weighted by Crippen LogP contribution is -2.58. The SMILES string of the molecule is Cc1ccccc1NC(=O)NC1(C(=O)O)CCOCC1. The number of hydrogen-bond acceptors (Lipinski definition) is 3. The molecule has 6 heteroatoms. The van der Waals surface area contributed by atoms with Gasteiger partial charge in [-0.3, -0.25) is 0 Å². The molecule has 0 aliphatic carbocycles. The summed E-state index contributed by atoms with van der Waals surface area (Å²) in [5.74, 6) is -1.03. The topological polar surface area (TPSA) is 87.7 Å². The van der Waals surface area contributed by atoms with Gasteiger partial charge in [0.15, 0.2) is 0 Å². The van der Waals surface area contributed by atoms with Gasteiger partial charge in [0.1, 0.15) is 5.54 Å². The fraction of sp³-hybridized carbons (Fsp3) is 0.429. The molecule has 1 aliphatic heterocycles. The van der Waals surface area contributed by atoms with Crippen molar-refractivity contribution in [2.24, 2.45) is 0 Å². The number of benzene rings is 1. The zero-order valence-corrected chi connectivity index (χ0v) is 11.3. The molecule has 0 spiro atoms. The van der Waals surface area contributed by atoms with E-state index in [2.05, 4.69) is 10.6 Å². The lowest BCUT2D eigenvalue weighted by Gasteiger charge is -2.33. The number of nitrogens with one attached hydrogen (secondary N) is 2. The van der Waals surface area contributed by atoms with E-state index in [0.29, 0.717) is 18.9 Å². The predicted molar refractivity (Wildman–Crippen MR) is 73.8 cm³/mol. The van der Waals surface area contributed by atoms with Gasteiger partial charge in [0.2, 0.25) is 0 Å². The highest BCUT2D eigenvalue weighted by Crippen LogP contribution is 2.21. The number of amides is 2. The van der Waals surface area contributed by atoms with Gasteiger partial charge in [0.25, 0.3) is 0 Å². The van der Waals surface area contributed by atoms with Crippen LogP contribution in [0.15, 0.2) is 24.3 Å². The largest absolute Gasteiger partial charge is 0.480 e. The van der Waals surface area contributed by atoms with Crippen molar-refractivity contribution in [3.63, 3.8) is 0 Å². The van der Waals surface area contributed by atoms with Crippen molar-refractivity contribution in [2.75, 3.05) is 18.5 Å². The molecular weight excluding hydrogens is 260 g/mol. The minimum Gasteiger partial charge on any atom is -0.480 e. The summed E-state index contributed by atoms with van der Waals surface area (Å²) in [6.07, 6.45) is 0.535. The number of aliphatic carboxylic acids is 1. The number of para-hydroxylation sites is 1. The van der Waals surface area contributed by atoms with Crippen LogP contribution in [-0.4, -0.2) is 35.9 Å². The minimum absolute atomic E-state index is 0.267. The van der Waals surface area contributed by atoms with E-state index in [9.17, 15) is 14.7 Å². The Morgan fingerprint density at radius 2 is 1.90 bits per heavy atom. The van der Waals surface area contributed by atoms with Crippen molar-refractivity contribution in [2.45, 2.75) is 25.3 Å². The first-order valence-electron chi connectivity index (χ1n) is 6.49. The van der Waals surface area contributed by atoms with Gasteiger partial charge in [0, 0.05) is 31.7 Å². The van der Waals surface area contributed by atoms with Gasteiger partial charge in [-0.25, -0.2) is 9.59 Å². The van der Waals surface area contributed by atoms with Gasteiger partial charge in [-0.2, -0.15) is 0 Å². The van der Waals surface area contributed by atoms with Gasteiger partial charge in [-0.1, -0.05) is 18.2 Å². The highest BCUT2D eigenvalue weighted by atomic mass is 16.5. The summed E-state index contributed by atoms with van der Waals surface area (Å²) in [5.41, 5.74) is 0.335. The smallest absolute Gasteiger partial charge is 0.329 e. The molecule has 1 aromatic rings. The van der Waals surface area contributed by atoms with Crippen LogP contribution in [0.4, 0.5) is 10.5 Å². The molecule has 1 aliphatic rings. The third-order valence-corrected chi connectivity index (χ3v) is 3.50. The maximum Gasteiger partial charge on any atom is 0.329 e. The van der Waals surface area contributed by atoms with E-state index in [1.165, 1.54) is 0 Å². The van der Waals surface area contributed by atoms with Crippen molar-refractivity contribution in [1.82, 2.24) is 5.32 Å². The van der Waals surface area contributed by atoms with E-state index in [-0.39, 0.29) is 12.8 Å². The summed E-state index contributed by atoms with van der Waals surface area (Å²) in [4.78, 5) is 23.4. The fourth-order valence-electron chi connectivity index (χ4n) is 2.20. The van der Waals surface area contributed by atoms with E-state index in [1.807, 2.05) is 25.1 Å². The number of urea groups is 1. The highest BCUT2D eigenvalue weighted by molar-refractivity contribution is 5.94. The molecule has 1 heterocycles. The van der Waals surface area contributed by atoms with Gasteiger partial charge in [0.05, 0.1) is 0 Å². The van der Waals surface area contributed by atoms with E-state index >= 15 is 0 Å². The first-order valence-corrected chi connectivity index (χ1v) is 6.49. The molecule has 1 saturated heterocycles. The Bertz CT molecular complexity index is 510. The zero-order chi connectivity index (χ0) is 14.6. The number of rotatable bonds is 3. The Hall–Kier alpha value is -2.08. The zero-order valence-electron chi connectivity index (χ0n) is 11.3. The third-order valence-electron chi connectivity index (χ3n) is 3.50. The Kier molecular flexibility index (Phi) is 4.24. The van der Waals surface area contributed by atoms with Crippen LogP contribution in [0.25, 0.3) is 0 Å². The number of hydrogen-bond donors (Lipinski definition) is 3. The van der Waals surface area contributed by atoms with Crippen LogP contribution in [-0.2, 0) is 9.53 Å². The Balaban J connectivity index is 2.06. The lowest BCUT2D eigenvalue weighted by atomic mass is 9.90.